The van der Waals surface area contributed by atoms with E-state index in [1.807, 2.05) is 24.3 Å². The van der Waals surface area contributed by atoms with Gasteiger partial charge in [0.2, 0.25) is 5.91 Å². The van der Waals surface area contributed by atoms with Gasteiger partial charge in [0.1, 0.15) is 12.4 Å². The molecule has 6 heteroatoms. The van der Waals surface area contributed by atoms with Gasteiger partial charge in [0.05, 0.1) is 11.3 Å². The van der Waals surface area contributed by atoms with Crippen LogP contribution in [-0.2, 0) is 17.6 Å². The summed E-state index contributed by atoms with van der Waals surface area (Å²) in [5, 5.41) is 1.75. The lowest BCUT2D eigenvalue weighted by Gasteiger charge is -2.39. The second kappa shape index (κ2) is 10.2. The predicted octanol–water partition coefficient (Wildman–Crippen LogP) is 4.97. The number of imide groups is 1. The first-order valence-corrected chi connectivity index (χ1v) is 12.1. The number of thioether (sulfide) groups is 1. The zero-order chi connectivity index (χ0) is 21.6. The van der Waals surface area contributed by atoms with E-state index in [1.165, 1.54) is 30.5 Å². The Balaban J connectivity index is 1.36. The Morgan fingerprint density at radius 3 is 2.65 bits per heavy atom. The van der Waals surface area contributed by atoms with Gasteiger partial charge < -0.3 is 9.64 Å². The van der Waals surface area contributed by atoms with Crippen molar-refractivity contribution in [2.75, 3.05) is 18.1 Å². The summed E-state index contributed by atoms with van der Waals surface area (Å²) in [7, 11) is 0. The fourth-order valence-electron chi connectivity index (χ4n) is 4.34. The minimum atomic E-state index is -0.335. The van der Waals surface area contributed by atoms with Gasteiger partial charge in [-0.25, -0.2) is 0 Å². The molecule has 164 valence electrons. The van der Waals surface area contributed by atoms with Crippen molar-refractivity contribution in [1.29, 1.82) is 0 Å². The predicted molar refractivity (Wildman–Crippen MR) is 126 cm³/mol. The number of amides is 2. The van der Waals surface area contributed by atoms with Gasteiger partial charge in [-0.15, -0.1) is 0 Å². The average molecular weight is 439 g/mol. The standard InChI is InChI=1S/C25H30N2O3S/c1-2-3-6-15-27-20(12-11-19-7-4-5-8-22(19)27)17-30-21-13-9-18(10-14-21)16-23-24(28)26-25(29)31-23/h4-5,7-10,13-14,20,23H,2-3,6,11-12,15-17H2,1H3,(H,26,28,29). The van der Waals surface area contributed by atoms with Crippen LogP contribution in [0.25, 0.3) is 0 Å². The molecule has 0 saturated carbocycles. The lowest BCUT2D eigenvalue weighted by Crippen LogP contribution is -2.43. The molecule has 2 unspecified atom stereocenters. The van der Waals surface area contributed by atoms with E-state index >= 15 is 0 Å². The summed E-state index contributed by atoms with van der Waals surface area (Å²) in [6.07, 6.45) is 6.41. The van der Waals surface area contributed by atoms with Crippen molar-refractivity contribution >= 4 is 28.6 Å². The number of hydrogen-bond acceptors (Lipinski definition) is 5. The molecular formula is C25H30N2O3S. The molecule has 1 saturated heterocycles. The van der Waals surface area contributed by atoms with Crippen molar-refractivity contribution in [3.63, 3.8) is 0 Å². The van der Waals surface area contributed by atoms with Crippen LogP contribution in [0.4, 0.5) is 10.5 Å². The third-order valence-corrected chi connectivity index (χ3v) is 7.03. The Kier molecular flexibility index (Phi) is 7.17. The van der Waals surface area contributed by atoms with Gasteiger partial charge in [0, 0.05) is 12.2 Å². The first kappa shape index (κ1) is 21.8. The SMILES string of the molecule is CCCCCN1c2ccccc2CCC1COc1ccc(CC2SC(=O)NC2=O)cc1. The zero-order valence-electron chi connectivity index (χ0n) is 18.0. The van der Waals surface area contributed by atoms with Gasteiger partial charge in [-0.1, -0.05) is 61.9 Å². The minimum absolute atomic E-state index is 0.198. The molecule has 0 spiro atoms. The first-order chi connectivity index (χ1) is 15.1. The van der Waals surface area contributed by atoms with Crippen LogP contribution in [0.1, 0.15) is 43.7 Å². The molecule has 31 heavy (non-hydrogen) atoms. The molecule has 2 heterocycles. The molecule has 2 aliphatic rings. The molecule has 0 aliphatic carbocycles. The van der Waals surface area contributed by atoms with Crippen molar-refractivity contribution < 1.29 is 14.3 Å². The number of nitrogens with one attached hydrogen (secondary N) is 1. The molecule has 0 bridgehead atoms. The number of hydrogen-bond donors (Lipinski definition) is 1. The van der Waals surface area contributed by atoms with E-state index in [2.05, 4.69) is 41.4 Å². The number of nitrogens with zero attached hydrogens (tertiary/aromatic N) is 1. The fourth-order valence-corrected chi connectivity index (χ4v) is 5.20. The van der Waals surface area contributed by atoms with E-state index in [9.17, 15) is 9.59 Å². The molecular weight excluding hydrogens is 408 g/mol. The highest BCUT2D eigenvalue weighted by atomic mass is 32.2. The van der Waals surface area contributed by atoms with E-state index in [-0.39, 0.29) is 16.4 Å². The number of anilines is 1. The van der Waals surface area contributed by atoms with E-state index in [0.717, 1.165) is 42.5 Å². The van der Waals surface area contributed by atoms with Crippen molar-refractivity contribution in [2.45, 2.75) is 56.7 Å². The summed E-state index contributed by atoms with van der Waals surface area (Å²) < 4.78 is 6.18. The van der Waals surface area contributed by atoms with Crippen molar-refractivity contribution in [2.24, 2.45) is 0 Å². The number of carbonyl (C=O) groups is 2. The molecule has 2 aromatic rings. The number of aryl methyl sites for hydroxylation is 1. The maximum atomic E-state index is 11.8. The Hall–Kier alpha value is -2.47. The van der Waals surface area contributed by atoms with Crippen LogP contribution in [0, 0.1) is 0 Å². The van der Waals surface area contributed by atoms with Gasteiger partial charge in [0.15, 0.2) is 0 Å². The monoisotopic (exact) mass is 438 g/mol. The Morgan fingerprint density at radius 2 is 1.90 bits per heavy atom. The van der Waals surface area contributed by atoms with Crippen LogP contribution < -0.4 is 15.0 Å². The van der Waals surface area contributed by atoms with Crippen molar-refractivity contribution in [3.8, 4) is 5.75 Å². The van der Waals surface area contributed by atoms with Gasteiger partial charge in [-0.2, -0.15) is 0 Å². The highest BCUT2D eigenvalue weighted by Crippen LogP contribution is 2.31. The normalized spacial score (nSPS) is 20.5. The number of para-hydroxylation sites is 1. The van der Waals surface area contributed by atoms with Crippen LogP contribution in [0.2, 0.25) is 0 Å². The molecule has 4 rings (SSSR count). The Labute approximate surface area is 188 Å². The number of carbonyl (C=O) groups excluding carboxylic acids is 2. The molecule has 1 N–H and O–H groups in total. The number of benzene rings is 2. The maximum absolute atomic E-state index is 11.8. The van der Waals surface area contributed by atoms with Gasteiger partial charge in [-0.3, -0.25) is 14.9 Å². The van der Waals surface area contributed by atoms with E-state index in [0.29, 0.717) is 19.1 Å². The smallest absolute Gasteiger partial charge is 0.286 e. The minimum Gasteiger partial charge on any atom is -0.491 e. The Morgan fingerprint density at radius 1 is 1.10 bits per heavy atom. The molecule has 1 fully saturated rings. The second-order valence-electron chi connectivity index (χ2n) is 8.26. The Bertz CT molecular complexity index is 915. The zero-order valence-corrected chi connectivity index (χ0v) is 18.8. The highest BCUT2D eigenvalue weighted by Gasteiger charge is 2.31. The molecule has 0 radical (unpaired) electrons. The largest absolute Gasteiger partial charge is 0.491 e. The molecule has 2 amide bonds. The molecule has 2 atom stereocenters. The van der Waals surface area contributed by atoms with Crippen molar-refractivity contribution in [3.05, 3.63) is 59.7 Å². The maximum Gasteiger partial charge on any atom is 0.286 e. The van der Waals surface area contributed by atoms with Gasteiger partial charge in [-0.05, 0) is 55.0 Å². The first-order valence-electron chi connectivity index (χ1n) is 11.2. The average Bonchev–Trinajstić information content (AvgIpc) is 3.10. The lowest BCUT2D eigenvalue weighted by atomic mass is 9.95. The summed E-state index contributed by atoms with van der Waals surface area (Å²) in [6, 6.07) is 17.0. The van der Waals surface area contributed by atoms with Crippen LogP contribution >= 0.6 is 11.8 Å². The van der Waals surface area contributed by atoms with Gasteiger partial charge in [0.25, 0.3) is 5.24 Å². The molecule has 0 aromatic heterocycles. The van der Waals surface area contributed by atoms with Gasteiger partial charge >= 0.3 is 0 Å². The van der Waals surface area contributed by atoms with Crippen LogP contribution in [0.5, 0.6) is 5.75 Å². The third-order valence-electron chi connectivity index (χ3n) is 6.05. The summed E-state index contributed by atoms with van der Waals surface area (Å²) in [6.45, 7) is 3.97. The third kappa shape index (κ3) is 5.42. The van der Waals surface area contributed by atoms with Crippen molar-refractivity contribution in [1.82, 2.24) is 5.32 Å². The second-order valence-corrected chi connectivity index (χ2v) is 9.44. The number of fused-ring (bicyclic) bond motifs is 1. The lowest BCUT2D eigenvalue weighted by molar-refractivity contribution is -0.118. The van der Waals surface area contributed by atoms with E-state index in [1.54, 1.807) is 0 Å². The van der Waals surface area contributed by atoms with E-state index < -0.39 is 0 Å². The summed E-state index contributed by atoms with van der Waals surface area (Å²) in [5.41, 5.74) is 3.82. The highest BCUT2D eigenvalue weighted by molar-refractivity contribution is 8.15. The quantitative estimate of drug-likeness (QED) is 0.560. The molecule has 5 nitrogen and oxygen atoms in total. The molecule has 2 aromatic carbocycles. The van der Waals surface area contributed by atoms with Crippen LogP contribution in [-0.4, -0.2) is 35.6 Å². The fraction of sp³-hybridized carbons (Fsp3) is 0.440. The summed E-state index contributed by atoms with van der Waals surface area (Å²) in [4.78, 5) is 25.6. The summed E-state index contributed by atoms with van der Waals surface area (Å²) in [5.74, 6) is 0.645. The number of unbranched alkanes of at least 4 members (excludes halogenated alkanes) is 2. The van der Waals surface area contributed by atoms with Crippen LogP contribution in [0.15, 0.2) is 48.5 Å². The molecule has 2 aliphatic heterocycles. The topological polar surface area (TPSA) is 58.6 Å². The number of ether oxygens (including phenoxy) is 1. The summed E-state index contributed by atoms with van der Waals surface area (Å²) >= 11 is 1.07. The number of rotatable bonds is 9. The van der Waals surface area contributed by atoms with Crippen LogP contribution in [0.3, 0.4) is 0 Å². The van der Waals surface area contributed by atoms with E-state index in [4.69, 9.17) is 4.74 Å².